The van der Waals surface area contributed by atoms with E-state index in [4.69, 9.17) is 5.73 Å². The van der Waals surface area contributed by atoms with Crippen molar-refractivity contribution in [3.63, 3.8) is 0 Å². The van der Waals surface area contributed by atoms with Crippen LogP contribution < -0.4 is 11.1 Å². The first kappa shape index (κ1) is 11.9. The first-order valence-corrected chi connectivity index (χ1v) is 7.28. The van der Waals surface area contributed by atoms with E-state index in [1.807, 2.05) is 6.92 Å². The molecule has 0 saturated heterocycles. The van der Waals surface area contributed by atoms with Crippen molar-refractivity contribution in [2.75, 3.05) is 11.1 Å². The van der Waals surface area contributed by atoms with Crippen LogP contribution in [-0.4, -0.2) is 15.8 Å². The van der Waals surface area contributed by atoms with Gasteiger partial charge in [0.1, 0.15) is 5.82 Å². The number of fused-ring (bicyclic) bond motifs is 2. The Kier molecular flexibility index (Phi) is 2.96. The molecule has 3 N–H and O–H groups in total. The molecule has 100 valence electrons. The van der Waals surface area contributed by atoms with Gasteiger partial charge in [-0.3, -0.25) is 0 Å². The standard InChI is InChI=1S/C14H24N4/c1-3-6-18-14(13(15)9(2)17-18)16-12-8-10-4-5-11(12)7-10/h10-12,16H,3-8,15H2,1-2H3. The molecule has 3 atom stereocenters. The summed E-state index contributed by atoms with van der Waals surface area (Å²) in [4.78, 5) is 0. The summed E-state index contributed by atoms with van der Waals surface area (Å²) in [6.45, 7) is 5.11. The smallest absolute Gasteiger partial charge is 0.148 e. The Labute approximate surface area is 109 Å². The van der Waals surface area contributed by atoms with Crippen molar-refractivity contribution >= 4 is 11.5 Å². The summed E-state index contributed by atoms with van der Waals surface area (Å²) < 4.78 is 2.05. The molecule has 4 heteroatoms. The van der Waals surface area contributed by atoms with Crippen LogP contribution in [0.2, 0.25) is 0 Å². The van der Waals surface area contributed by atoms with Gasteiger partial charge in [-0.2, -0.15) is 5.10 Å². The van der Waals surface area contributed by atoms with Crippen LogP contribution in [0.3, 0.4) is 0 Å². The Morgan fingerprint density at radius 2 is 2.22 bits per heavy atom. The highest BCUT2D eigenvalue weighted by atomic mass is 15.3. The summed E-state index contributed by atoms with van der Waals surface area (Å²) in [5, 5.41) is 8.22. The second-order valence-electron chi connectivity index (χ2n) is 6.00. The number of anilines is 2. The number of rotatable bonds is 4. The van der Waals surface area contributed by atoms with Crippen molar-refractivity contribution in [2.45, 2.75) is 58.5 Å². The molecule has 0 amide bonds. The highest BCUT2D eigenvalue weighted by Crippen LogP contribution is 2.46. The minimum Gasteiger partial charge on any atom is -0.394 e. The Morgan fingerprint density at radius 1 is 1.39 bits per heavy atom. The van der Waals surface area contributed by atoms with E-state index in [9.17, 15) is 0 Å². The lowest BCUT2D eigenvalue weighted by atomic mass is 9.95. The number of nitrogens with zero attached hydrogens (tertiary/aromatic N) is 2. The molecule has 0 radical (unpaired) electrons. The molecular formula is C14H24N4. The Morgan fingerprint density at radius 3 is 2.83 bits per heavy atom. The third kappa shape index (κ3) is 1.88. The average Bonchev–Trinajstić information content (AvgIpc) is 3.01. The molecule has 3 unspecified atom stereocenters. The summed E-state index contributed by atoms with van der Waals surface area (Å²) in [6.07, 6.45) is 6.65. The average molecular weight is 248 g/mol. The third-order valence-electron chi connectivity index (χ3n) is 4.67. The topological polar surface area (TPSA) is 55.9 Å². The van der Waals surface area contributed by atoms with E-state index in [0.29, 0.717) is 6.04 Å². The summed E-state index contributed by atoms with van der Waals surface area (Å²) >= 11 is 0. The van der Waals surface area contributed by atoms with E-state index in [1.54, 1.807) is 0 Å². The van der Waals surface area contributed by atoms with Crippen LogP contribution in [0.25, 0.3) is 0 Å². The molecule has 1 heterocycles. The quantitative estimate of drug-likeness (QED) is 0.861. The van der Waals surface area contributed by atoms with E-state index in [1.165, 1.54) is 25.7 Å². The van der Waals surface area contributed by atoms with Gasteiger partial charge in [0.05, 0.1) is 11.4 Å². The SMILES string of the molecule is CCCn1nc(C)c(N)c1NC1CC2CCC1C2. The van der Waals surface area contributed by atoms with Gasteiger partial charge in [0.25, 0.3) is 0 Å². The fourth-order valence-corrected chi connectivity index (χ4v) is 3.72. The molecule has 0 aliphatic heterocycles. The number of hydrogen-bond donors (Lipinski definition) is 2. The van der Waals surface area contributed by atoms with Gasteiger partial charge in [0.15, 0.2) is 0 Å². The number of nitrogen functional groups attached to an aromatic ring is 1. The fraction of sp³-hybridized carbons (Fsp3) is 0.786. The van der Waals surface area contributed by atoms with Gasteiger partial charge in [0.2, 0.25) is 0 Å². The number of nitrogens with one attached hydrogen (secondary N) is 1. The molecule has 4 nitrogen and oxygen atoms in total. The molecule has 2 aliphatic carbocycles. The molecule has 18 heavy (non-hydrogen) atoms. The first-order chi connectivity index (χ1) is 8.69. The Balaban J connectivity index is 1.79. The summed E-state index contributed by atoms with van der Waals surface area (Å²) in [5.41, 5.74) is 7.96. The number of aryl methyl sites for hydroxylation is 2. The van der Waals surface area contributed by atoms with Crippen LogP contribution in [0.5, 0.6) is 0 Å². The van der Waals surface area contributed by atoms with Gasteiger partial charge in [-0.1, -0.05) is 13.3 Å². The van der Waals surface area contributed by atoms with Crippen LogP contribution in [-0.2, 0) is 6.54 Å². The maximum absolute atomic E-state index is 6.16. The zero-order valence-corrected chi connectivity index (χ0v) is 11.4. The minimum absolute atomic E-state index is 0.623. The van der Waals surface area contributed by atoms with E-state index in [-0.39, 0.29) is 0 Å². The van der Waals surface area contributed by atoms with Crippen LogP contribution in [0, 0.1) is 18.8 Å². The van der Waals surface area contributed by atoms with Crippen molar-refractivity contribution in [3.8, 4) is 0 Å². The molecule has 2 fully saturated rings. The van der Waals surface area contributed by atoms with Gasteiger partial charge >= 0.3 is 0 Å². The van der Waals surface area contributed by atoms with Gasteiger partial charge in [-0.15, -0.1) is 0 Å². The Hall–Kier alpha value is -1.19. The maximum Gasteiger partial charge on any atom is 0.148 e. The van der Waals surface area contributed by atoms with Gasteiger partial charge in [0, 0.05) is 12.6 Å². The lowest BCUT2D eigenvalue weighted by molar-refractivity contribution is 0.436. The zero-order chi connectivity index (χ0) is 12.7. The van der Waals surface area contributed by atoms with E-state index < -0.39 is 0 Å². The van der Waals surface area contributed by atoms with Crippen molar-refractivity contribution in [1.29, 1.82) is 0 Å². The third-order valence-corrected chi connectivity index (χ3v) is 4.67. The summed E-state index contributed by atoms with van der Waals surface area (Å²) in [5.74, 6) is 2.88. The molecule has 1 aromatic heterocycles. The molecule has 2 saturated carbocycles. The van der Waals surface area contributed by atoms with Crippen LogP contribution in [0.15, 0.2) is 0 Å². The molecule has 0 spiro atoms. The van der Waals surface area contributed by atoms with Gasteiger partial charge < -0.3 is 11.1 Å². The monoisotopic (exact) mass is 248 g/mol. The number of nitrogens with two attached hydrogens (primary N) is 1. The Bertz CT molecular complexity index is 437. The first-order valence-electron chi connectivity index (χ1n) is 7.28. The number of hydrogen-bond acceptors (Lipinski definition) is 3. The highest BCUT2D eigenvalue weighted by molar-refractivity contribution is 5.65. The molecule has 1 aromatic rings. The van der Waals surface area contributed by atoms with E-state index >= 15 is 0 Å². The van der Waals surface area contributed by atoms with Gasteiger partial charge in [-0.25, -0.2) is 4.68 Å². The number of aromatic nitrogens is 2. The van der Waals surface area contributed by atoms with Crippen LogP contribution in [0.1, 0.15) is 44.7 Å². The lowest BCUT2D eigenvalue weighted by Crippen LogP contribution is -2.27. The second-order valence-corrected chi connectivity index (χ2v) is 6.00. The summed E-state index contributed by atoms with van der Waals surface area (Å²) in [6, 6.07) is 0.623. The maximum atomic E-state index is 6.16. The highest BCUT2D eigenvalue weighted by Gasteiger charge is 2.40. The van der Waals surface area contributed by atoms with Gasteiger partial charge in [-0.05, 0) is 44.4 Å². The van der Waals surface area contributed by atoms with E-state index in [0.717, 1.165) is 42.0 Å². The predicted molar refractivity (Wildman–Crippen MR) is 74.5 cm³/mol. The van der Waals surface area contributed by atoms with E-state index in [2.05, 4.69) is 22.0 Å². The molecular weight excluding hydrogens is 224 g/mol. The van der Waals surface area contributed by atoms with Crippen molar-refractivity contribution in [2.24, 2.45) is 11.8 Å². The van der Waals surface area contributed by atoms with Crippen LogP contribution >= 0.6 is 0 Å². The zero-order valence-electron chi connectivity index (χ0n) is 11.4. The second kappa shape index (κ2) is 4.48. The molecule has 2 bridgehead atoms. The molecule has 3 rings (SSSR count). The fourth-order valence-electron chi connectivity index (χ4n) is 3.72. The van der Waals surface area contributed by atoms with Crippen molar-refractivity contribution in [3.05, 3.63) is 5.69 Å². The summed E-state index contributed by atoms with van der Waals surface area (Å²) in [7, 11) is 0. The van der Waals surface area contributed by atoms with Crippen molar-refractivity contribution < 1.29 is 0 Å². The molecule has 0 aromatic carbocycles. The normalized spacial score (nSPS) is 30.0. The molecule has 2 aliphatic rings. The van der Waals surface area contributed by atoms with Crippen molar-refractivity contribution in [1.82, 2.24) is 9.78 Å². The lowest BCUT2D eigenvalue weighted by Gasteiger charge is -2.24. The minimum atomic E-state index is 0.623. The predicted octanol–water partition coefficient (Wildman–Crippen LogP) is 2.78. The largest absolute Gasteiger partial charge is 0.394 e. The van der Waals surface area contributed by atoms with Crippen LogP contribution in [0.4, 0.5) is 11.5 Å².